The summed E-state index contributed by atoms with van der Waals surface area (Å²) in [5.74, 6) is 2.10. The van der Waals surface area contributed by atoms with Gasteiger partial charge in [0.2, 0.25) is 5.91 Å². The van der Waals surface area contributed by atoms with Crippen LogP contribution in [0.2, 0.25) is 0 Å². The molecule has 28 heavy (non-hydrogen) atoms. The van der Waals surface area contributed by atoms with Crippen LogP contribution < -0.4 is 10.1 Å². The fourth-order valence-electron chi connectivity index (χ4n) is 2.39. The Hall–Kier alpha value is -2.39. The van der Waals surface area contributed by atoms with Crippen molar-refractivity contribution >= 4 is 34.1 Å². The lowest BCUT2D eigenvalue weighted by molar-refractivity contribution is -0.113. The van der Waals surface area contributed by atoms with Gasteiger partial charge in [0, 0.05) is 18.1 Å². The maximum atomic E-state index is 12.1. The van der Waals surface area contributed by atoms with Crippen LogP contribution in [0.15, 0.2) is 35.6 Å². The number of benzene rings is 1. The minimum absolute atomic E-state index is 0.120. The monoisotopic (exact) mass is 417 g/mol. The Balaban J connectivity index is 1.51. The minimum Gasteiger partial charge on any atom is -0.486 e. The Kier molecular flexibility index (Phi) is 6.69. The van der Waals surface area contributed by atoms with E-state index in [0.717, 1.165) is 10.6 Å². The first-order chi connectivity index (χ1) is 13.4. The van der Waals surface area contributed by atoms with Crippen molar-refractivity contribution in [1.82, 2.24) is 19.7 Å². The Bertz CT molecular complexity index is 934. The van der Waals surface area contributed by atoms with Gasteiger partial charge in [0.15, 0.2) is 16.1 Å². The highest BCUT2D eigenvalue weighted by molar-refractivity contribution is 7.99. The van der Waals surface area contributed by atoms with E-state index in [-0.39, 0.29) is 11.7 Å². The summed E-state index contributed by atoms with van der Waals surface area (Å²) < 4.78 is 7.65. The topological polar surface area (TPSA) is 81.9 Å². The molecule has 7 nitrogen and oxygen atoms in total. The van der Waals surface area contributed by atoms with Crippen molar-refractivity contribution in [3.63, 3.8) is 0 Å². The van der Waals surface area contributed by atoms with Crippen molar-refractivity contribution in [2.75, 3.05) is 11.1 Å². The van der Waals surface area contributed by atoms with E-state index in [1.165, 1.54) is 28.7 Å². The summed E-state index contributed by atoms with van der Waals surface area (Å²) in [4.78, 5) is 17.2. The Labute approximate surface area is 172 Å². The number of hydrogen-bond acceptors (Lipinski definition) is 7. The average Bonchev–Trinajstić information content (AvgIpc) is 3.24. The number of aryl methyl sites for hydroxylation is 1. The summed E-state index contributed by atoms with van der Waals surface area (Å²) in [5.41, 5.74) is 1.27. The van der Waals surface area contributed by atoms with Crippen LogP contribution in [0.3, 0.4) is 0 Å². The number of thioether (sulfide) groups is 1. The van der Waals surface area contributed by atoms with Gasteiger partial charge in [-0.05, 0) is 30.5 Å². The van der Waals surface area contributed by atoms with Gasteiger partial charge in [-0.3, -0.25) is 4.79 Å². The molecular formula is C19H23N5O2S2. The van der Waals surface area contributed by atoms with E-state index in [0.29, 0.717) is 28.6 Å². The number of carbonyl (C=O) groups excluding carboxylic acids is 1. The van der Waals surface area contributed by atoms with Crippen LogP contribution in [0.5, 0.6) is 5.75 Å². The maximum Gasteiger partial charge on any atom is 0.236 e. The van der Waals surface area contributed by atoms with Crippen LogP contribution >= 0.6 is 23.1 Å². The predicted molar refractivity (Wildman–Crippen MR) is 112 cm³/mol. The second-order valence-corrected chi connectivity index (χ2v) is 8.76. The zero-order valence-corrected chi connectivity index (χ0v) is 17.9. The van der Waals surface area contributed by atoms with Gasteiger partial charge in [-0.1, -0.05) is 37.7 Å². The zero-order valence-electron chi connectivity index (χ0n) is 16.3. The number of aromatic nitrogens is 4. The standard InChI is InChI=1S/C19H23N5O2S2/c1-12(2)14-5-7-15(8-6-14)26-10-16-22-23-19(24(16)4)27-11-17(25)21-18-20-9-13(3)28-18/h5-9,12H,10-11H2,1-4H3,(H,20,21,25). The quantitative estimate of drug-likeness (QED) is 0.558. The van der Waals surface area contributed by atoms with E-state index >= 15 is 0 Å². The number of anilines is 1. The Morgan fingerprint density at radius 1 is 1.29 bits per heavy atom. The van der Waals surface area contributed by atoms with E-state index in [2.05, 4.69) is 46.5 Å². The summed E-state index contributed by atoms with van der Waals surface area (Å²) in [7, 11) is 1.87. The zero-order chi connectivity index (χ0) is 20.1. The minimum atomic E-state index is -0.120. The number of hydrogen-bond donors (Lipinski definition) is 1. The molecule has 0 radical (unpaired) electrons. The van der Waals surface area contributed by atoms with Gasteiger partial charge < -0.3 is 14.6 Å². The third kappa shape index (κ3) is 5.32. The van der Waals surface area contributed by atoms with Gasteiger partial charge >= 0.3 is 0 Å². The molecule has 3 rings (SSSR count). The van der Waals surface area contributed by atoms with Crippen molar-refractivity contribution in [3.05, 3.63) is 46.7 Å². The third-order valence-electron chi connectivity index (χ3n) is 4.04. The molecule has 0 fully saturated rings. The number of ether oxygens (including phenoxy) is 1. The molecule has 0 spiro atoms. The summed E-state index contributed by atoms with van der Waals surface area (Å²) in [6.07, 6.45) is 1.73. The van der Waals surface area contributed by atoms with Crippen LogP contribution in [-0.2, 0) is 18.4 Å². The van der Waals surface area contributed by atoms with Gasteiger partial charge in [0.05, 0.1) is 5.75 Å². The fourth-order valence-corrected chi connectivity index (χ4v) is 3.80. The van der Waals surface area contributed by atoms with Crippen molar-refractivity contribution in [3.8, 4) is 5.75 Å². The number of nitrogens with zero attached hydrogens (tertiary/aromatic N) is 4. The lowest BCUT2D eigenvalue weighted by Gasteiger charge is -2.09. The number of nitrogens with one attached hydrogen (secondary N) is 1. The van der Waals surface area contributed by atoms with E-state index in [9.17, 15) is 4.79 Å². The smallest absolute Gasteiger partial charge is 0.236 e. The van der Waals surface area contributed by atoms with E-state index < -0.39 is 0 Å². The molecule has 0 saturated carbocycles. The highest BCUT2D eigenvalue weighted by atomic mass is 32.2. The lowest BCUT2D eigenvalue weighted by Crippen LogP contribution is -2.14. The van der Waals surface area contributed by atoms with Crippen molar-refractivity contribution in [1.29, 1.82) is 0 Å². The number of carbonyl (C=O) groups is 1. The molecule has 9 heteroatoms. The van der Waals surface area contributed by atoms with Crippen LogP contribution in [0.4, 0.5) is 5.13 Å². The van der Waals surface area contributed by atoms with Gasteiger partial charge in [0.25, 0.3) is 0 Å². The summed E-state index contributed by atoms with van der Waals surface area (Å²) in [6, 6.07) is 8.07. The van der Waals surface area contributed by atoms with Crippen LogP contribution in [0.1, 0.15) is 36.0 Å². The number of amides is 1. The molecule has 0 atom stereocenters. The molecule has 3 aromatic rings. The van der Waals surface area contributed by atoms with Crippen molar-refractivity contribution < 1.29 is 9.53 Å². The van der Waals surface area contributed by atoms with Gasteiger partial charge in [0.1, 0.15) is 12.4 Å². The SMILES string of the molecule is Cc1cnc(NC(=O)CSc2nnc(COc3ccc(C(C)C)cc3)n2C)s1. The summed E-state index contributed by atoms with van der Waals surface area (Å²) >= 11 is 2.78. The maximum absolute atomic E-state index is 12.1. The molecule has 0 aliphatic heterocycles. The van der Waals surface area contributed by atoms with E-state index in [4.69, 9.17) is 4.74 Å². The fraction of sp³-hybridized carbons (Fsp3) is 0.368. The molecule has 0 aliphatic carbocycles. The molecule has 1 N–H and O–H groups in total. The molecule has 148 valence electrons. The Morgan fingerprint density at radius 3 is 2.68 bits per heavy atom. The second kappa shape index (κ2) is 9.20. The molecule has 1 amide bonds. The number of rotatable bonds is 8. The van der Waals surface area contributed by atoms with Gasteiger partial charge in [-0.2, -0.15) is 0 Å². The van der Waals surface area contributed by atoms with E-state index in [1.54, 1.807) is 6.20 Å². The highest BCUT2D eigenvalue weighted by Gasteiger charge is 2.13. The first kappa shape index (κ1) is 20.3. The van der Waals surface area contributed by atoms with Gasteiger partial charge in [-0.15, -0.1) is 21.5 Å². The van der Waals surface area contributed by atoms with Crippen molar-refractivity contribution in [2.45, 2.75) is 38.5 Å². The normalized spacial score (nSPS) is 11.0. The first-order valence-corrected chi connectivity index (χ1v) is 10.7. The summed E-state index contributed by atoms with van der Waals surface area (Å²) in [5, 5.41) is 12.4. The van der Waals surface area contributed by atoms with Gasteiger partial charge in [-0.25, -0.2) is 4.98 Å². The molecule has 0 aliphatic rings. The molecule has 2 aromatic heterocycles. The Morgan fingerprint density at radius 2 is 2.04 bits per heavy atom. The molecule has 1 aromatic carbocycles. The lowest BCUT2D eigenvalue weighted by atomic mass is 10.0. The van der Waals surface area contributed by atoms with Crippen LogP contribution in [-0.4, -0.2) is 31.4 Å². The predicted octanol–water partition coefficient (Wildman–Crippen LogP) is 4.01. The van der Waals surface area contributed by atoms with Crippen LogP contribution in [0.25, 0.3) is 0 Å². The highest BCUT2D eigenvalue weighted by Crippen LogP contribution is 2.21. The largest absolute Gasteiger partial charge is 0.486 e. The number of thiazole rings is 1. The third-order valence-corrected chi connectivity index (χ3v) is 5.89. The van der Waals surface area contributed by atoms with Crippen LogP contribution in [0, 0.1) is 6.92 Å². The molecule has 0 bridgehead atoms. The second-order valence-electron chi connectivity index (χ2n) is 6.58. The van der Waals surface area contributed by atoms with E-state index in [1.807, 2.05) is 30.7 Å². The molecule has 2 heterocycles. The average molecular weight is 418 g/mol. The molecule has 0 saturated heterocycles. The summed E-state index contributed by atoms with van der Waals surface area (Å²) in [6.45, 7) is 6.58. The molecule has 0 unspecified atom stereocenters. The van der Waals surface area contributed by atoms with Crippen molar-refractivity contribution in [2.24, 2.45) is 7.05 Å². The first-order valence-electron chi connectivity index (χ1n) is 8.88. The molecular weight excluding hydrogens is 394 g/mol.